The van der Waals surface area contributed by atoms with Crippen LogP contribution in [0.3, 0.4) is 0 Å². The molecular formula is C54H58F2N10O6S2. The van der Waals surface area contributed by atoms with Gasteiger partial charge < -0.3 is 39.8 Å². The molecule has 2 amide bonds. The molecule has 4 aromatic heterocycles. The minimum atomic E-state index is -1.82. The molecule has 2 saturated heterocycles. The summed E-state index contributed by atoms with van der Waals surface area (Å²) in [5, 5.41) is 24.2. The maximum Gasteiger partial charge on any atom is 0.414 e. The Morgan fingerprint density at radius 2 is 0.932 bits per heavy atom. The van der Waals surface area contributed by atoms with Crippen LogP contribution in [0.15, 0.2) is 119 Å². The quantitative estimate of drug-likeness (QED) is 0.0684. The largest absolute Gasteiger partial charge is 0.473 e. The van der Waals surface area contributed by atoms with Gasteiger partial charge >= 0.3 is 11.9 Å². The van der Waals surface area contributed by atoms with E-state index < -0.39 is 11.9 Å². The minimum Gasteiger partial charge on any atom is -0.473 e. The van der Waals surface area contributed by atoms with E-state index in [4.69, 9.17) is 29.8 Å². The third-order valence-electron chi connectivity index (χ3n) is 13.3. The number of carbonyl (C=O) groups excluding carboxylic acids is 2. The van der Waals surface area contributed by atoms with Crippen LogP contribution in [-0.4, -0.2) is 125 Å². The molecule has 386 valence electrons. The molecule has 6 heterocycles. The number of carboxylic acid groups (broad SMARTS) is 2. The zero-order valence-corrected chi connectivity index (χ0v) is 42.3. The molecule has 0 bridgehead atoms. The first kappa shape index (κ1) is 53.0. The fourth-order valence-electron chi connectivity index (χ4n) is 9.29. The summed E-state index contributed by atoms with van der Waals surface area (Å²) < 4.78 is 31.3. The number of piperidine rings is 2. The molecule has 20 heteroatoms. The molecule has 0 unspecified atom stereocenters. The molecule has 8 aromatic rings. The predicted molar refractivity (Wildman–Crippen MR) is 280 cm³/mol. The summed E-state index contributed by atoms with van der Waals surface area (Å²) in [5.74, 6) is -0.937. The topological polar surface area (TPSA) is 201 Å². The SMILES string of the molecule is O=C(NCCN1CCC(Cc2nc3ccccc3n2Cc2ccc(F)cc2)CC1)c1cscn1.O=C(NCCN1CCC(Cc2nc3ccccc3n2Cc2ccc(F)cc2)CC1)c1cscn1.O=C(O)C(=O)O. The van der Waals surface area contributed by atoms with Gasteiger partial charge in [0.05, 0.1) is 33.1 Å². The van der Waals surface area contributed by atoms with Crippen molar-refractivity contribution in [3.05, 3.63) is 165 Å². The number of amides is 2. The van der Waals surface area contributed by atoms with E-state index in [9.17, 15) is 18.4 Å². The van der Waals surface area contributed by atoms with E-state index >= 15 is 0 Å². The van der Waals surface area contributed by atoms with E-state index in [1.165, 1.54) is 46.9 Å². The molecule has 4 aromatic carbocycles. The number of aromatic nitrogens is 6. The van der Waals surface area contributed by atoms with Gasteiger partial charge in [0.1, 0.15) is 34.7 Å². The van der Waals surface area contributed by atoms with Gasteiger partial charge in [-0.1, -0.05) is 48.5 Å². The van der Waals surface area contributed by atoms with E-state index in [-0.39, 0.29) is 23.4 Å². The van der Waals surface area contributed by atoms with Crippen LogP contribution >= 0.6 is 22.7 Å². The lowest BCUT2D eigenvalue weighted by molar-refractivity contribution is -0.159. The Morgan fingerprint density at radius 1 is 0.554 bits per heavy atom. The van der Waals surface area contributed by atoms with Crippen molar-refractivity contribution in [1.29, 1.82) is 0 Å². The molecule has 2 aliphatic heterocycles. The van der Waals surface area contributed by atoms with Crippen molar-refractivity contribution < 1.29 is 38.2 Å². The molecule has 0 saturated carbocycles. The minimum absolute atomic E-state index is 0.101. The number of fused-ring (bicyclic) bond motifs is 2. The van der Waals surface area contributed by atoms with Gasteiger partial charge in [-0.15, -0.1) is 22.7 Å². The van der Waals surface area contributed by atoms with Crippen LogP contribution in [0.2, 0.25) is 0 Å². The Morgan fingerprint density at radius 3 is 1.28 bits per heavy atom. The van der Waals surface area contributed by atoms with E-state index in [1.54, 1.807) is 21.8 Å². The summed E-state index contributed by atoms with van der Waals surface area (Å²) in [7, 11) is 0. The van der Waals surface area contributed by atoms with Gasteiger partial charge in [0, 0.05) is 62.9 Å². The number of imidazole rings is 2. The number of aliphatic carboxylic acids is 2. The summed E-state index contributed by atoms with van der Waals surface area (Å²) in [4.78, 5) is 65.1. The van der Waals surface area contributed by atoms with E-state index in [2.05, 4.69) is 63.8 Å². The molecule has 10 rings (SSSR count). The second kappa shape index (κ2) is 26.1. The first-order chi connectivity index (χ1) is 35.9. The summed E-state index contributed by atoms with van der Waals surface area (Å²) in [6.07, 6.45) is 6.31. The number of thiazole rings is 2. The van der Waals surface area contributed by atoms with Crippen molar-refractivity contribution in [3.63, 3.8) is 0 Å². The second-order valence-electron chi connectivity index (χ2n) is 18.3. The smallest absolute Gasteiger partial charge is 0.414 e. The fourth-order valence-corrected chi connectivity index (χ4v) is 10.4. The number of hydrogen-bond acceptors (Lipinski definition) is 12. The molecule has 2 aliphatic rings. The van der Waals surface area contributed by atoms with Gasteiger partial charge in [-0.3, -0.25) is 9.59 Å². The highest BCUT2D eigenvalue weighted by atomic mass is 32.1. The number of likely N-dealkylation sites (tertiary alicyclic amines) is 2. The number of halogens is 2. The van der Waals surface area contributed by atoms with Crippen molar-refractivity contribution in [3.8, 4) is 0 Å². The standard InChI is InChI=1S/2C26H28FN5OS.C2H2O4/c2*27-21-7-5-20(6-8-21)16-32-24-4-2-1-3-22(24)30-25(32)15-19-9-12-31(13-10-19)14-11-28-26(33)23-17-34-18-29-23;3-1(4)2(5)6/h2*1-8,17-19H,9-16H2,(H,28,33);(H,3,4)(H,5,6). The van der Waals surface area contributed by atoms with Crippen molar-refractivity contribution in [2.75, 3.05) is 52.4 Å². The number of carboxylic acids is 2. The average molecular weight is 1050 g/mol. The first-order valence-corrected chi connectivity index (χ1v) is 26.4. The number of carbonyl (C=O) groups is 4. The first-order valence-electron chi connectivity index (χ1n) is 24.6. The lowest BCUT2D eigenvalue weighted by Crippen LogP contribution is -2.40. The van der Waals surface area contributed by atoms with E-state index in [0.29, 0.717) is 49.4 Å². The lowest BCUT2D eigenvalue weighted by atomic mass is 9.93. The van der Waals surface area contributed by atoms with Crippen LogP contribution in [0.4, 0.5) is 8.78 Å². The Kier molecular flexibility index (Phi) is 18.7. The number of rotatable bonds is 16. The zero-order chi connectivity index (χ0) is 51.8. The number of hydrogen-bond donors (Lipinski definition) is 4. The number of para-hydroxylation sites is 4. The Bertz CT molecular complexity index is 2870. The van der Waals surface area contributed by atoms with Crippen molar-refractivity contribution in [2.45, 2.75) is 51.6 Å². The summed E-state index contributed by atoms with van der Waals surface area (Å²) in [6, 6.07) is 29.9. The lowest BCUT2D eigenvalue weighted by Gasteiger charge is -2.31. The second-order valence-corrected chi connectivity index (χ2v) is 19.7. The molecule has 74 heavy (non-hydrogen) atoms. The maximum atomic E-state index is 13.4. The summed E-state index contributed by atoms with van der Waals surface area (Å²) in [6.45, 7) is 8.44. The Labute approximate surface area is 434 Å². The molecule has 0 atom stereocenters. The van der Waals surface area contributed by atoms with Crippen LogP contribution in [0.25, 0.3) is 22.1 Å². The third-order valence-corrected chi connectivity index (χ3v) is 14.4. The van der Waals surface area contributed by atoms with Gasteiger partial charge in [-0.2, -0.15) is 0 Å². The van der Waals surface area contributed by atoms with Crippen LogP contribution < -0.4 is 10.6 Å². The highest BCUT2D eigenvalue weighted by Gasteiger charge is 2.24. The van der Waals surface area contributed by atoms with Crippen LogP contribution in [0.1, 0.15) is 69.4 Å². The molecule has 4 N–H and O–H groups in total. The average Bonchev–Trinajstić information content (AvgIpc) is 4.26. The Balaban J connectivity index is 0.000000178. The summed E-state index contributed by atoms with van der Waals surface area (Å²) in [5.41, 5.74) is 10.7. The molecule has 16 nitrogen and oxygen atoms in total. The van der Waals surface area contributed by atoms with Gasteiger partial charge in [0.15, 0.2) is 0 Å². The molecule has 0 aliphatic carbocycles. The van der Waals surface area contributed by atoms with E-state index in [0.717, 1.165) is 123 Å². The monoisotopic (exact) mass is 1040 g/mol. The number of nitrogens with zero attached hydrogens (tertiary/aromatic N) is 8. The molecule has 2 fully saturated rings. The highest BCUT2D eigenvalue weighted by Crippen LogP contribution is 2.27. The van der Waals surface area contributed by atoms with E-state index in [1.807, 2.05) is 48.5 Å². The maximum absolute atomic E-state index is 13.4. The number of benzene rings is 4. The van der Waals surface area contributed by atoms with Crippen LogP contribution in [-0.2, 0) is 35.5 Å². The number of nitrogens with one attached hydrogen (secondary N) is 2. The van der Waals surface area contributed by atoms with Gasteiger partial charge in [-0.25, -0.2) is 38.3 Å². The third kappa shape index (κ3) is 14.9. The molecule has 0 spiro atoms. The van der Waals surface area contributed by atoms with Crippen molar-refractivity contribution >= 4 is 68.5 Å². The van der Waals surface area contributed by atoms with Gasteiger partial charge in [0.2, 0.25) is 0 Å². The predicted octanol–water partition coefficient (Wildman–Crippen LogP) is 7.89. The van der Waals surface area contributed by atoms with Crippen LogP contribution in [0, 0.1) is 23.5 Å². The van der Waals surface area contributed by atoms with Crippen molar-refractivity contribution in [1.82, 2.24) is 49.5 Å². The van der Waals surface area contributed by atoms with Crippen LogP contribution in [0.5, 0.6) is 0 Å². The van der Waals surface area contributed by atoms with Gasteiger partial charge in [0.25, 0.3) is 11.8 Å². The molecule has 0 radical (unpaired) electrons. The highest BCUT2D eigenvalue weighted by molar-refractivity contribution is 7.08. The van der Waals surface area contributed by atoms with Gasteiger partial charge in [-0.05, 0) is 123 Å². The normalized spacial score (nSPS) is 14.5. The zero-order valence-electron chi connectivity index (χ0n) is 40.7. The molecular weight excluding hydrogens is 987 g/mol. The van der Waals surface area contributed by atoms with Crippen molar-refractivity contribution in [2.24, 2.45) is 11.8 Å². The Hall–Kier alpha value is -7.26. The fraction of sp³-hybridized carbons (Fsp3) is 0.333. The summed E-state index contributed by atoms with van der Waals surface area (Å²) >= 11 is 2.86.